The summed E-state index contributed by atoms with van der Waals surface area (Å²) in [7, 11) is 1.72. The summed E-state index contributed by atoms with van der Waals surface area (Å²) in [6.07, 6.45) is 5.91. The van der Waals surface area contributed by atoms with Crippen molar-refractivity contribution in [3.05, 3.63) is 42.4 Å². The lowest BCUT2D eigenvalue weighted by atomic mass is 10.0. The Morgan fingerprint density at radius 1 is 1.46 bits per heavy atom. The maximum atomic E-state index is 12.3. The number of anilines is 1. The number of hydrogen-bond acceptors (Lipinski definition) is 5. The van der Waals surface area contributed by atoms with Crippen LogP contribution in [0, 0.1) is 6.92 Å². The van der Waals surface area contributed by atoms with Gasteiger partial charge in [-0.2, -0.15) is 5.10 Å². The van der Waals surface area contributed by atoms with Gasteiger partial charge in [-0.3, -0.25) is 9.48 Å². The molecule has 1 aliphatic rings. The number of likely N-dealkylation sites (N-methyl/N-ethyl adjacent to an activating group) is 1. The largest absolute Gasteiger partial charge is 0.386 e. The van der Waals surface area contributed by atoms with Gasteiger partial charge < -0.3 is 14.9 Å². The topological polar surface area (TPSA) is 74.5 Å². The molecular formula is C17H23N5O2. The minimum atomic E-state index is -0.915. The monoisotopic (exact) mass is 329 g/mol. The molecule has 0 spiro atoms. The Bertz CT molecular complexity index is 702. The molecule has 7 heteroatoms. The summed E-state index contributed by atoms with van der Waals surface area (Å²) in [6, 6.07) is 5.73. The molecule has 24 heavy (non-hydrogen) atoms. The molecular weight excluding hydrogens is 306 g/mol. The molecule has 0 unspecified atom stereocenters. The number of carbonyl (C=O) groups excluding carboxylic acids is 1. The first-order valence-corrected chi connectivity index (χ1v) is 8.07. The number of nitrogens with zero attached hydrogens (tertiary/aromatic N) is 5. The number of aromatic nitrogens is 3. The van der Waals surface area contributed by atoms with Crippen molar-refractivity contribution in [1.29, 1.82) is 0 Å². The Kier molecular flexibility index (Phi) is 4.53. The third-order valence-corrected chi connectivity index (χ3v) is 4.32. The summed E-state index contributed by atoms with van der Waals surface area (Å²) in [5, 5.41) is 15.0. The average Bonchev–Trinajstić information content (AvgIpc) is 3.14. The Hall–Kier alpha value is -2.41. The number of amides is 1. The number of hydrogen-bond donors (Lipinski definition) is 1. The van der Waals surface area contributed by atoms with Gasteiger partial charge in [0.25, 0.3) is 0 Å². The normalized spacial score (nSPS) is 20.4. The predicted molar refractivity (Wildman–Crippen MR) is 90.6 cm³/mol. The van der Waals surface area contributed by atoms with Crippen molar-refractivity contribution in [2.45, 2.75) is 25.5 Å². The second-order valence-corrected chi connectivity index (χ2v) is 6.55. The zero-order valence-electron chi connectivity index (χ0n) is 14.1. The third-order valence-electron chi connectivity index (χ3n) is 4.32. The second-order valence-electron chi connectivity index (χ2n) is 6.55. The van der Waals surface area contributed by atoms with E-state index in [1.54, 1.807) is 29.0 Å². The van der Waals surface area contributed by atoms with E-state index in [2.05, 4.69) is 15.0 Å². The van der Waals surface area contributed by atoms with Crippen LogP contribution in [0.25, 0.3) is 0 Å². The molecule has 7 nitrogen and oxygen atoms in total. The Morgan fingerprint density at radius 2 is 2.29 bits per heavy atom. The maximum absolute atomic E-state index is 12.3. The Morgan fingerprint density at radius 3 is 2.96 bits per heavy atom. The highest BCUT2D eigenvalue weighted by Crippen LogP contribution is 2.26. The van der Waals surface area contributed by atoms with Crippen LogP contribution in [0.2, 0.25) is 0 Å². The summed E-state index contributed by atoms with van der Waals surface area (Å²) < 4.78 is 1.62. The van der Waals surface area contributed by atoms with E-state index >= 15 is 0 Å². The molecule has 1 N–H and O–H groups in total. The zero-order valence-corrected chi connectivity index (χ0v) is 14.1. The van der Waals surface area contributed by atoms with Crippen LogP contribution in [0.5, 0.6) is 0 Å². The molecule has 0 saturated carbocycles. The summed E-state index contributed by atoms with van der Waals surface area (Å²) in [6.45, 7) is 3.63. The molecule has 2 aromatic rings. The molecule has 1 fully saturated rings. The van der Waals surface area contributed by atoms with Gasteiger partial charge in [0.15, 0.2) is 0 Å². The van der Waals surface area contributed by atoms with Crippen molar-refractivity contribution < 1.29 is 9.90 Å². The lowest BCUT2D eigenvalue weighted by Crippen LogP contribution is -2.46. The van der Waals surface area contributed by atoms with Gasteiger partial charge in [0.1, 0.15) is 18.0 Å². The van der Waals surface area contributed by atoms with Gasteiger partial charge in [0.2, 0.25) is 5.91 Å². The van der Waals surface area contributed by atoms with Crippen LogP contribution >= 0.6 is 0 Å². The van der Waals surface area contributed by atoms with E-state index in [1.807, 2.05) is 31.3 Å². The van der Waals surface area contributed by atoms with E-state index < -0.39 is 5.60 Å². The van der Waals surface area contributed by atoms with Crippen LogP contribution in [0.3, 0.4) is 0 Å². The molecule has 0 aliphatic carbocycles. The molecule has 2 aromatic heterocycles. The first-order valence-electron chi connectivity index (χ1n) is 8.07. The van der Waals surface area contributed by atoms with Gasteiger partial charge >= 0.3 is 0 Å². The maximum Gasteiger partial charge on any atom is 0.244 e. The molecule has 0 radical (unpaired) electrons. The van der Waals surface area contributed by atoms with Crippen molar-refractivity contribution >= 4 is 11.7 Å². The van der Waals surface area contributed by atoms with Crippen molar-refractivity contribution in [2.75, 3.05) is 31.6 Å². The highest BCUT2D eigenvalue weighted by Gasteiger charge is 2.38. The first kappa shape index (κ1) is 16.4. The minimum Gasteiger partial charge on any atom is -0.386 e. The summed E-state index contributed by atoms with van der Waals surface area (Å²) >= 11 is 0. The van der Waals surface area contributed by atoms with Crippen molar-refractivity contribution in [3.8, 4) is 0 Å². The fraction of sp³-hybridized carbons (Fsp3) is 0.471. The molecule has 1 amide bonds. The van der Waals surface area contributed by atoms with E-state index in [0.717, 1.165) is 17.9 Å². The van der Waals surface area contributed by atoms with E-state index in [-0.39, 0.29) is 12.5 Å². The zero-order chi connectivity index (χ0) is 17.2. The minimum absolute atomic E-state index is 0.0668. The van der Waals surface area contributed by atoms with Gasteiger partial charge in [-0.1, -0.05) is 6.07 Å². The molecule has 1 aliphatic heterocycles. The molecule has 3 heterocycles. The van der Waals surface area contributed by atoms with Crippen LogP contribution in [-0.4, -0.2) is 63.0 Å². The van der Waals surface area contributed by atoms with E-state index in [4.69, 9.17) is 0 Å². The number of pyridine rings is 1. The molecule has 0 aromatic carbocycles. The van der Waals surface area contributed by atoms with Crippen LogP contribution in [-0.2, 0) is 11.3 Å². The number of aliphatic hydroxyl groups is 1. The lowest BCUT2D eigenvalue weighted by Gasteiger charge is -2.29. The molecule has 1 atom stereocenters. The molecule has 3 rings (SSSR count). The SMILES string of the molecule is Cc1cnn(CC(=O)N(C)C[C@]2(O)CCN(c3ccccn3)C2)c1. The highest BCUT2D eigenvalue weighted by molar-refractivity contribution is 5.75. The first-order chi connectivity index (χ1) is 11.5. The summed E-state index contributed by atoms with van der Waals surface area (Å²) in [4.78, 5) is 20.3. The number of aryl methyl sites for hydroxylation is 1. The highest BCUT2D eigenvalue weighted by atomic mass is 16.3. The molecule has 128 valence electrons. The smallest absolute Gasteiger partial charge is 0.244 e. The standard InChI is InChI=1S/C17H23N5O2/c1-14-9-19-22(10-14)11-16(23)20(2)12-17(24)6-8-21(13-17)15-5-3-4-7-18-15/h3-5,7,9-10,24H,6,8,11-13H2,1-2H3/t17-/m1/s1. The van der Waals surface area contributed by atoms with Gasteiger partial charge in [0, 0.05) is 32.5 Å². The quantitative estimate of drug-likeness (QED) is 0.873. The average molecular weight is 329 g/mol. The fourth-order valence-electron chi connectivity index (χ4n) is 3.06. The molecule has 1 saturated heterocycles. The summed E-state index contributed by atoms with van der Waals surface area (Å²) in [5.41, 5.74) is 0.105. The third kappa shape index (κ3) is 3.73. The van der Waals surface area contributed by atoms with Gasteiger partial charge in [-0.05, 0) is 31.0 Å². The number of β-amino-alcohol motifs (C(OH)–C–C–N with tert-alkyl or cyclic N) is 1. The Labute approximate surface area is 141 Å². The Balaban J connectivity index is 1.57. The number of carbonyl (C=O) groups is 1. The summed E-state index contributed by atoms with van der Waals surface area (Å²) in [5.74, 6) is 0.789. The van der Waals surface area contributed by atoms with Gasteiger partial charge in [-0.15, -0.1) is 0 Å². The lowest BCUT2D eigenvalue weighted by molar-refractivity contribution is -0.133. The van der Waals surface area contributed by atoms with Gasteiger partial charge in [0.05, 0.1) is 12.7 Å². The van der Waals surface area contributed by atoms with Crippen LogP contribution < -0.4 is 4.90 Å². The van der Waals surface area contributed by atoms with Crippen LogP contribution in [0.4, 0.5) is 5.82 Å². The van der Waals surface area contributed by atoms with Crippen LogP contribution in [0.15, 0.2) is 36.8 Å². The fourth-order valence-corrected chi connectivity index (χ4v) is 3.06. The van der Waals surface area contributed by atoms with Gasteiger partial charge in [-0.25, -0.2) is 4.98 Å². The van der Waals surface area contributed by atoms with Crippen molar-refractivity contribution in [3.63, 3.8) is 0 Å². The van der Waals surface area contributed by atoms with Crippen molar-refractivity contribution in [2.24, 2.45) is 0 Å². The number of rotatable bonds is 5. The predicted octanol–water partition coefficient (Wildman–Crippen LogP) is 0.686. The van der Waals surface area contributed by atoms with Crippen LogP contribution in [0.1, 0.15) is 12.0 Å². The van der Waals surface area contributed by atoms with Crippen molar-refractivity contribution in [1.82, 2.24) is 19.7 Å². The molecule has 0 bridgehead atoms. The van der Waals surface area contributed by atoms with E-state index in [9.17, 15) is 9.90 Å². The second kappa shape index (κ2) is 6.60. The van der Waals surface area contributed by atoms with E-state index in [1.165, 1.54) is 0 Å². The van der Waals surface area contributed by atoms with E-state index in [0.29, 0.717) is 19.5 Å².